The molecule has 1 aliphatic rings. The Morgan fingerprint density at radius 2 is 2.06 bits per heavy atom. The van der Waals surface area contributed by atoms with Gasteiger partial charge in [-0.3, -0.25) is 4.57 Å². The molecular formula is C10H13ClNO3P. The maximum Gasteiger partial charge on any atom is 0.319 e. The van der Waals surface area contributed by atoms with Gasteiger partial charge in [0.15, 0.2) is 0 Å². The second kappa shape index (κ2) is 5.80. The molecule has 1 aromatic rings. The summed E-state index contributed by atoms with van der Waals surface area (Å²) in [5, 5.41) is 3.96. The lowest BCUT2D eigenvalue weighted by atomic mass is 10.1. The van der Waals surface area contributed by atoms with Crippen molar-refractivity contribution < 1.29 is 13.6 Å². The van der Waals surface area contributed by atoms with E-state index in [1.54, 1.807) is 0 Å². The Bertz CT molecular complexity index is 371. The van der Waals surface area contributed by atoms with Crippen molar-refractivity contribution in [2.45, 2.75) is 6.04 Å². The summed E-state index contributed by atoms with van der Waals surface area (Å²) in [7, 11) is -2.32. The van der Waals surface area contributed by atoms with Gasteiger partial charge in [-0.1, -0.05) is 23.7 Å². The van der Waals surface area contributed by atoms with Crippen LogP contribution in [0, 0.1) is 0 Å². The van der Waals surface area contributed by atoms with E-state index in [1.807, 2.05) is 24.3 Å². The molecule has 1 aliphatic heterocycles. The van der Waals surface area contributed by atoms with Crippen molar-refractivity contribution in [3.63, 3.8) is 0 Å². The predicted molar refractivity (Wildman–Crippen MR) is 63.1 cm³/mol. The molecule has 0 amide bonds. The Hall–Kier alpha value is -0.380. The molecule has 1 fully saturated rings. The van der Waals surface area contributed by atoms with Gasteiger partial charge in [-0.05, 0) is 17.7 Å². The SMILES string of the molecule is O=[PH]1OCCNC(c2ccc(Cl)cc2)CO1. The molecule has 88 valence electrons. The summed E-state index contributed by atoms with van der Waals surface area (Å²) in [4.78, 5) is 0. The van der Waals surface area contributed by atoms with Crippen LogP contribution in [0.5, 0.6) is 0 Å². The molecule has 1 N–H and O–H groups in total. The number of rotatable bonds is 1. The first-order valence-electron chi connectivity index (χ1n) is 5.04. The van der Waals surface area contributed by atoms with Gasteiger partial charge in [-0.15, -0.1) is 0 Å². The summed E-state index contributed by atoms with van der Waals surface area (Å²) < 4.78 is 21.2. The average Bonchev–Trinajstić information content (AvgIpc) is 2.26. The molecule has 2 rings (SSSR count). The van der Waals surface area contributed by atoms with Crippen LogP contribution in [0.25, 0.3) is 0 Å². The van der Waals surface area contributed by atoms with Crippen molar-refractivity contribution in [3.8, 4) is 0 Å². The van der Waals surface area contributed by atoms with Crippen LogP contribution >= 0.6 is 19.9 Å². The van der Waals surface area contributed by atoms with E-state index in [4.69, 9.17) is 20.6 Å². The van der Waals surface area contributed by atoms with Crippen LogP contribution in [-0.2, 0) is 13.6 Å². The van der Waals surface area contributed by atoms with E-state index in [0.29, 0.717) is 24.8 Å². The lowest BCUT2D eigenvalue weighted by Gasteiger charge is -2.21. The van der Waals surface area contributed by atoms with Crippen LogP contribution in [0.1, 0.15) is 11.6 Å². The fraction of sp³-hybridized carbons (Fsp3) is 0.400. The highest BCUT2D eigenvalue weighted by atomic mass is 35.5. The maximum atomic E-state index is 11.2. The molecule has 1 heterocycles. The second-order valence-corrected chi connectivity index (χ2v) is 4.98. The van der Waals surface area contributed by atoms with Gasteiger partial charge in [-0.2, -0.15) is 0 Å². The normalized spacial score (nSPS) is 27.1. The van der Waals surface area contributed by atoms with Gasteiger partial charge in [0.25, 0.3) is 0 Å². The van der Waals surface area contributed by atoms with E-state index in [2.05, 4.69) is 5.32 Å². The number of benzene rings is 1. The number of hydrogen-bond donors (Lipinski definition) is 1. The number of nitrogens with one attached hydrogen (secondary N) is 1. The second-order valence-electron chi connectivity index (χ2n) is 3.47. The van der Waals surface area contributed by atoms with Crippen molar-refractivity contribution in [1.29, 1.82) is 0 Å². The highest BCUT2D eigenvalue weighted by molar-refractivity contribution is 7.33. The minimum Gasteiger partial charge on any atom is -0.309 e. The Labute approximate surface area is 99.8 Å². The standard InChI is InChI=1S/C10H13ClNO3P/c11-9-3-1-8(2-4-9)10-7-15-16(13)14-6-5-12-10/h1-4,10,12,16H,5-7H2. The molecule has 1 saturated heterocycles. The molecule has 0 aromatic heterocycles. The average molecular weight is 262 g/mol. The maximum absolute atomic E-state index is 11.2. The van der Waals surface area contributed by atoms with Crippen LogP contribution in [0.2, 0.25) is 5.02 Å². The summed E-state index contributed by atoms with van der Waals surface area (Å²) in [6.45, 7) is 1.41. The van der Waals surface area contributed by atoms with Gasteiger partial charge >= 0.3 is 8.25 Å². The quantitative estimate of drug-likeness (QED) is 0.789. The van der Waals surface area contributed by atoms with E-state index in [9.17, 15) is 4.57 Å². The Morgan fingerprint density at radius 1 is 1.31 bits per heavy atom. The lowest BCUT2D eigenvalue weighted by Crippen LogP contribution is -2.29. The topological polar surface area (TPSA) is 47.6 Å². The largest absolute Gasteiger partial charge is 0.319 e. The van der Waals surface area contributed by atoms with Crippen LogP contribution in [0.4, 0.5) is 0 Å². The summed E-state index contributed by atoms with van der Waals surface area (Å²) in [6.07, 6.45) is 0. The molecule has 0 bridgehead atoms. The van der Waals surface area contributed by atoms with Gasteiger partial charge in [0.05, 0.1) is 19.3 Å². The lowest BCUT2D eigenvalue weighted by molar-refractivity contribution is 0.180. The highest BCUT2D eigenvalue weighted by Crippen LogP contribution is 2.28. The third-order valence-electron chi connectivity index (χ3n) is 2.35. The van der Waals surface area contributed by atoms with Gasteiger partial charge in [0.1, 0.15) is 0 Å². The molecule has 4 nitrogen and oxygen atoms in total. The van der Waals surface area contributed by atoms with Crippen molar-refractivity contribution in [2.24, 2.45) is 0 Å². The molecule has 1 aromatic carbocycles. The van der Waals surface area contributed by atoms with Crippen LogP contribution in [0.15, 0.2) is 24.3 Å². The molecule has 2 unspecified atom stereocenters. The predicted octanol–water partition coefficient (Wildman–Crippen LogP) is 2.41. The van der Waals surface area contributed by atoms with E-state index in [-0.39, 0.29) is 6.04 Å². The zero-order chi connectivity index (χ0) is 11.4. The summed E-state index contributed by atoms with van der Waals surface area (Å²) in [5.74, 6) is 0. The van der Waals surface area contributed by atoms with Crippen LogP contribution in [0.3, 0.4) is 0 Å². The van der Waals surface area contributed by atoms with Crippen molar-refractivity contribution >= 4 is 19.9 Å². The first-order chi connectivity index (χ1) is 7.75. The van der Waals surface area contributed by atoms with E-state index >= 15 is 0 Å². The van der Waals surface area contributed by atoms with Crippen molar-refractivity contribution in [2.75, 3.05) is 19.8 Å². The molecule has 0 saturated carbocycles. The smallest absolute Gasteiger partial charge is 0.309 e. The first kappa shape index (κ1) is 12.1. The van der Waals surface area contributed by atoms with Crippen LogP contribution < -0.4 is 5.32 Å². The van der Waals surface area contributed by atoms with Gasteiger partial charge < -0.3 is 14.4 Å². The molecule has 16 heavy (non-hydrogen) atoms. The third kappa shape index (κ3) is 3.30. The summed E-state index contributed by atoms with van der Waals surface area (Å²) in [5.41, 5.74) is 1.07. The highest BCUT2D eigenvalue weighted by Gasteiger charge is 2.15. The summed E-state index contributed by atoms with van der Waals surface area (Å²) in [6, 6.07) is 7.56. The van der Waals surface area contributed by atoms with E-state index in [1.165, 1.54) is 0 Å². The molecular weight excluding hydrogens is 249 g/mol. The first-order valence-corrected chi connectivity index (χ1v) is 6.64. The molecule has 0 spiro atoms. The fourth-order valence-electron chi connectivity index (χ4n) is 1.53. The fourth-order valence-corrected chi connectivity index (χ4v) is 2.31. The molecule has 0 radical (unpaired) electrons. The minimum absolute atomic E-state index is 0.0371. The molecule has 0 aliphatic carbocycles. The minimum atomic E-state index is -2.32. The van der Waals surface area contributed by atoms with Crippen molar-refractivity contribution in [1.82, 2.24) is 5.32 Å². The Balaban J connectivity index is 2.06. The molecule has 6 heteroatoms. The zero-order valence-corrected chi connectivity index (χ0v) is 10.4. The Kier molecular flexibility index (Phi) is 4.38. The van der Waals surface area contributed by atoms with E-state index in [0.717, 1.165) is 5.56 Å². The van der Waals surface area contributed by atoms with E-state index < -0.39 is 8.25 Å². The number of halogens is 1. The Morgan fingerprint density at radius 3 is 2.81 bits per heavy atom. The summed E-state index contributed by atoms with van der Waals surface area (Å²) >= 11 is 5.82. The van der Waals surface area contributed by atoms with Crippen LogP contribution in [-0.4, -0.2) is 19.8 Å². The molecule has 2 atom stereocenters. The van der Waals surface area contributed by atoms with Crippen molar-refractivity contribution in [3.05, 3.63) is 34.9 Å². The monoisotopic (exact) mass is 261 g/mol. The third-order valence-corrected chi connectivity index (χ3v) is 3.45. The van der Waals surface area contributed by atoms with Gasteiger partial charge in [0.2, 0.25) is 0 Å². The zero-order valence-electron chi connectivity index (χ0n) is 8.61. The number of hydrogen-bond acceptors (Lipinski definition) is 4. The van der Waals surface area contributed by atoms with Gasteiger partial charge in [0, 0.05) is 11.6 Å². The van der Waals surface area contributed by atoms with Gasteiger partial charge in [-0.25, -0.2) is 0 Å².